The van der Waals surface area contributed by atoms with Gasteiger partial charge in [-0.2, -0.15) is 0 Å². The Balaban J connectivity index is 4.32. The zero-order chi connectivity index (χ0) is 52.2. The fraction of sp³-hybridized carbons (Fsp3) is 0.712. The summed E-state index contributed by atoms with van der Waals surface area (Å²) in [5.41, 5.74) is 0. The summed E-state index contributed by atoms with van der Waals surface area (Å²) in [6.45, 7) is 6.45. The third kappa shape index (κ3) is 57.2. The fourth-order valence-electron chi connectivity index (χ4n) is 8.27. The second-order valence-corrected chi connectivity index (χ2v) is 19.9. The molecule has 0 bridgehead atoms. The standard InChI is InChI=1S/C66H112O6/c1-4-7-10-13-16-19-22-24-26-28-30-32-33-35-36-38-40-42-44-47-50-53-56-59-65(68)71-62-63(61-70-64(67)58-55-52-49-46-21-18-15-12-9-6-3)72-66(69)60-57-54-51-48-45-43-41-39-37-34-31-29-27-25-23-20-17-14-11-8-5-2/h8,11-12,15,17,20,22,24-25,27-28,30-31,33-35,63H,4-7,9-10,13-14,16,18-19,21,23,26,29,32,36-62H2,1-3H3/b11-8-,15-12-,20-17-,24-22-,27-25-,30-28-,34-31-,35-33-. The second-order valence-electron chi connectivity index (χ2n) is 19.9. The Morgan fingerprint density at radius 1 is 0.292 bits per heavy atom. The third-order valence-electron chi connectivity index (χ3n) is 12.8. The summed E-state index contributed by atoms with van der Waals surface area (Å²) in [6, 6.07) is 0. The molecule has 0 aromatic heterocycles. The van der Waals surface area contributed by atoms with Gasteiger partial charge in [-0.25, -0.2) is 0 Å². The lowest BCUT2D eigenvalue weighted by molar-refractivity contribution is -0.167. The Labute approximate surface area is 445 Å². The summed E-state index contributed by atoms with van der Waals surface area (Å²) in [4.78, 5) is 38.2. The van der Waals surface area contributed by atoms with Crippen LogP contribution in [0, 0.1) is 0 Å². The molecule has 0 aromatic carbocycles. The molecule has 0 aliphatic heterocycles. The predicted octanol–water partition coefficient (Wildman–Crippen LogP) is 20.5. The first-order valence-electron chi connectivity index (χ1n) is 30.2. The van der Waals surface area contributed by atoms with Gasteiger partial charge < -0.3 is 14.2 Å². The lowest BCUT2D eigenvalue weighted by Crippen LogP contribution is -2.30. The van der Waals surface area contributed by atoms with E-state index in [0.717, 1.165) is 128 Å². The van der Waals surface area contributed by atoms with Crippen LogP contribution < -0.4 is 0 Å². The molecule has 0 heterocycles. The van der Waals surface area contributed by atoms with Gasteiger partial charge in [-0.3, -0.25) is 14.4 Å². The molecule has 0 aliphatic carbocycles. The number of unbranched alkanes of at least 4 members (excludes halogenated alkanes) is 27. The molecule has 0 amide bonds. The lowest BCUT2D eigenvalue weighted by Gasteiger charge is -2.18. The SMILES string of the molecule is CC/C=C\C/C=C\C/C=C\C/C=C\CCCCCCCCCCC(=O)OC(COC(=O)CCCCCCC/C=C\CCC)COC(=O)CCCCCCCCCC/C=C\C/C=C\C/C=C\CCCCCCC. The molecule has 0 aliphatic rings. The third-order valence-corrected chi connectivity index (χ3v) is 12.8. The van der Waals surface area contributed by atoms with Crippen molar-refractivity contribution in [2.24, 2.45) is 0 Å². The number of rotatable bonds is 54. The van der Waals surface area contributed by atoms with Crippen LogP contribution in [0.25, 0.3) is 0 Å². The van der Waals surface area contributed by atoms with Crippen molar-refractivity contribution in [1.29, 1.82) is 0 Å². The molecule has 0 spiro atoms. The largest absolute Gasteiger partial charge is 0.462 e. The van der Waals surface area contributed by atoms with Crippen molar-refractivity contribution in [2.75, 3.05) is 13.2 Å². The summed E-state index contributed by atoms with van der Waals surface area (Å²) in [6.07, 6.45) is 79.8. The van der Waals surface area contributed by atoms with Crippen molar-refractivity contribution in [1.82, 2.24) is 0 Å². The Morgan fingerprint density at radius 2 is 0.569 bits per heavy atom. The van der Waals surface area contributed by atoms with Crippen molar-refractivity contribution in [3.05, 3.63) is 97.2 Å². The molecular formula is C66H112O6. The maximum Gasteiger partial charge on any atom is 0.306 e. The van der Waals surface area contributed by atoms with Gasteiger partial charge in [0, 0.05) is 19.3 Å². The van der Waals surface area contributed by atoms with E-state index < -0.39 is 6.10 Å². The highest BCUT2D eigenvalue weighted by molar-refractivity contribution is 5.71. The summed E-state index contributed by atoms with van der Waals surface area (Å²) < 4.78 is 16.9. The van der Waals surface area contributed by atoms with Gasteiger partial charge in [-0.15, -0.1) is 0 Å². The number of esters is 3. The van der Waals surface area contributed by atoms with Crippen LogP contribution in [0.15, 0.2) is 97.2 Å². The Bertz CT molecular complexity index is 1430. The molecule has 0 saturated carbocycles. The van der Waals surface area contributed by atoms with Crippen LogP contribution in [0.2, 0.25) is 0 Å². The zero-order valence-electron chi connectivity index (χ0n) is 47.2. The maximum absolute atomic E-state index is 12.9. The number of allylic oxidation sites excluding steroid dienone is 16. The van der Waals surface area contributed by atoms with Gasteiger partial charge in [0.05, 0.1) is 0 Å². The van der Waals surface area contributed by atoms with Crippen molar-refractivity contribution in [2.45, 2.75) is 290 Å². The van der Waals surface area contributed by atoms with Crippen molar-refractivity contribution >= 4 is 17.9 Å². The molecule has 72 heavy (non-hydrogen) atoms. The number of hydrogen-bond acceptors (Lipinski definition) is 6. The van der Waals surface area contributed by atoms with E-state index in [1.54, 1.807) is 0 Å². The summed E-state index contributed by atoms with van der Waals surface area (Å²) in [7, 11) is 0. The lowest BCUT2D eigenvalue weighted by atomic mass is 10.1. The number of carbonyl (C=O) groups excluding carboxylic acids is 3. The normalized spacial score (nSPS) is 12.8. The van der Waals surface area contributed by atoms with E-state index in [2.05, 4.69) is 118 Å². The monoisotopic (exact) mass is 1000 g/mol. The van der Waals surface area contributed by atoms with Gasteiger partial charge in [0.1, 0.15) is 13.2 Å². The van der Waals surface area contributed by atoms with Crippen LogP contribution in [0.4, 0.5) is 0 Å². The molecule has 1 atom stereocenters. The molecule has 0 radical (unpaired) electrons. The van der Waals surface area contributed by atoms with Gasteiger partial charge in [0.15, 0.2) is 6.10 Å². The van der Waals surface area contributed by atoms with Crippen molar-refractivity contribution in [3.8, 4) is 0 Å². The van der Waals surface area contributed by atoms with E-state index in [-0.39, 0.29) is 31.1 Å². The first kappa shape index (κ1) is 68.3. The fourth-order valence-corrected chi connectivity index (χ4v) is 8.27. The van der Waals surface area contributed by atoms with E-state index in [9.17, 15) is 14.4 Å². The van der Waals surface area contributed by atoms with Crippen LogP contribution in [0.1, 0.15) is 284 Å². The number of carbonyl (C=O) groups is 3. The van der Waals surface area contributed by atoms with Gasteiger partial charge in [-0.05, 0) is 116 Å². The highest BCUT2D eigenvalue weighted by atomic mass is 16.6. The molecule has 0 fully saturated rings. The highest BCUT2D eigenvalue weighted by Gasteiger charge is 2.19. The summed E-state index contributed by atoms with van der Waals surface area (Å²) >= 11 is 0. The molecular weight excluding hydrogens is 889 g/mol. The van der Waals surface area contributed by atoms with Crippen molar-refractivity contribution in [3.63, 3.8) is 0 Å². The molecule has 0 rings (SSSR count). The summed E-state index contributed by atoms with van der Waals surface area (Å²) in [5, 5.41) is 0. The number of hydrogen-bond donors (Lipinski definition) is 0. The second kappa shape index (κ2) is 59.9. The molecule has 0 saturated heterocycles. The van der Waals surface area contributed by atoms with Gasteiger partial charge in [0.25, 0.3) is 0 Å². The van der Waals surface area contributed by atoms with E-state index in [1.807, 2.05) is 0 Å². The van der Waals surface area contributed by atoms with E-state index in [4.69, 9.17) is 14.2 Å². The quantitative estimate of drug-likeness (QED) is 0.0261. The molecule has 1 unspecified atom stereocenters. The first-order valence-corrected chi connectivity index (χ1v) is 30.2. The minimum atomic E-state index is -0.790. The topological polar surface area (TPSA) is 78.9 Å². The van der Waals surface area contributed by atoms with Crippen LogP contribution in [0.5, 0.6) is 0 Å². The van der Waals surface area contributed by atoms with Crippen LogP contribution >= 0.6 is 0 Å². The molecule has 0 N–H and O–H groups in total. The first-order chi connectivity index (χ1) is 35.5. The van der Waals surface area contributed by atoms with Crippen LogP contribution in [0.3, 0.4) is 0 Å². The highest BCUT2D eigenvalue weighted by Crippen LogP contribution is 2.15. The Morgan fingerprint density at radius 3 is 0.917 bits per heavy atom. The average Bonchev–Trinajstić information content (AvgIpc) is 3.38. The zero-order valence-corrected chi connectivity index (χ0v) is 47.2. The number of ether oxygens (including phenoxy) is 3. The van der Waals surface area contributed by atoms with Gasteiger partial charge in [-0.1, -0.05) is 246 Å². The molecule has 6 heteroatoms. The van der Waals surface area contributed by atoms with Crippen molar-refractivity contribution < 1.29 is 28.6 Å². The minimum absolute atomic E-state index is 0.0876. The maximum atomic E-state index is 12.9. The van der Waals surface area contributed by atoms with Gasteiger partial charge >= 0.3 is 17.9 Å². The molecule has 0 aromatic rings. The predicted molar refractivity (Wildman–Crippen MR) is 311 cm³/mol. The van der Waals surface area contributed by atoms with E-state index >= 15 is 0 Å². The molecule has 6 nitrogen and oxygen atoms in total. The minimum Gasteiger partial charge on any atom is -0.462 e. The summed E-state index contributed by atoms with van der Waals surface area (Å²) in [5.74, 6) is -0.909. The van der Waals surface area contributed by atoms with Crippen LogP contribution in [-0.2, 0) is 28.6 Å². The van der Waals surface area contributed by atoms with E-state index in [0.29, 0.717) is 19.3 Å². The smallest absolute Gasteiger partial charge is 0.306 e. The Hall–Kier alpha value is -3.67. The Kier molecular flexibility index (Phi) is 56.8. The van der Waals surface area contributed by atoms with E-state index in [1.165, 1.54) is 116 Å². The van der Waals surface area contributed by atoms with Gasteiger partial charge in [0.2, 0.25) is 0 Å². The van der Waals surface area contributed by atoms with Crippen LogP contribution in [-0.4, -0.2) is 37.2 Å². The average molecular weight is 1000 g/mol. The molecule has 412 valence electrons.